The van der Waals surface area contributed by atoms with Crippen molar-refractivity contribution in [2.75, 3.05) is 0 Å². The van der Waals surface area contributed by atoms with E-state index in [1.807, 2.05) is 48.9 Å². The van der Waals surface area contributed by atoms with E-state index in [1.54, 1.807) is 0 Å². The lowest BCUT2D eigenvalue weighted by atomic mass is 9.96. The van der Waals surface area contributed by atoms with E-state index < -0.39 is 0 Å². The SMILES string of the molecule is c1ccc2c(c1)ccc1c(-c3cnc(-c4ccnc5ccccc45)cn3)nc3ccccc3c12. The van der Waals surface area contributed by atoms with Gasteiger partial charge in [0.2, 0.25) is 0 Å². The third kappa shape index (κ3) is 2.86. The Labute approximate surface area is 195 Å². The van der Waals surface area contributed by atoms with Crippen molar-refractivity contribution in [3.8, 4) is 22.6 Å². The average molecular weight is 435 g/mol. The predicted molar refractivity (Wildman–Crippen MR) is 139 cm³/mol. The first kappa shape index (κ1) is 18.8. The molecule has 3 aromatic heterocycles. The minimum absolute atomic E-state index is 0.758. The van der Waals surface area contributed by atoms with Crippen LogP contribution in [0.1, 0.15) is 0 Å². The fourth-order valence-corrected chi connectivity index (χ4v) is 4.83. The molecule has 0 aliphatic rings. The molecule has 0 saturated carbocycles. The predicted octanol–water partition coefficient (Wildman–Crippen LogP) is 7.21. The molecule has 0 amide bonds. The van der Waals surface area contributed by atoms with Crippen molar-refractivity contribution in [3.05, 3.63) is 110 Å². The molecule has 3 heterocycles. The maximum atomic E-state index is 5.02. The van der Waals surface area contributed by atoms with Crippen LogP contribution in [0.4, 0.5) is 0 Å². The highest BCUT2D eigenvalue weighted by Crippen LogP contribution is 2.36. The summed E-state index contributed by atoms with van der Waals surface area (Å²) < 4.78 is 0. The van der Waals surface area contributed by atoms with Crippen LogP contribution in [0.15, 0.2) is 110 Å². The Balaban J connectivity index is 1.46. The zero-order chi connectivity index (χ0) is 22.5. The zero-order valence-electron chi connectivity index (χ0n) is 18.2. The van der Waals surface area contributed by atoms with E-state index in [-0.39, 0.29) is 0 Å². The van der Waals surface area contributed by atoms with Crippen molar-refractivity contribution in [3.63, 3.8) is 0 Å². The first-order valence-corrected chi connectivity index (χ1v) is 11.2. The number of hydrogen-bond donors (Lipinski definition) is 0. The van der Waals surface area contributed by atoms with Gasteiger partial charge in [0.25, 0.3) is 0 Å². The summed E-state index contributed by atoms with van der Waals surface area (Å²) in [5, 5.41) is 6.91. The van der Waals surface area contributed by atoms with E-state index in [2.05, 4.69) is 65.6 Å². The number of benzene rings is 4. The molecule has 34 heavy (non-hydrogen) atoms. The molecule has 0 fully saturated rings. The van der Waals surface area contributed by atoms with Crippen molar-refractivity contribution in [1.29, 1.82) is 0 Å². The number of hydrogen-bond acceptors (Lipinski definition) is 4. The van der Waals surface area contributed by atoms with E-state index >= 15 is 0 Å². The Hall–Kier alpha value is -4.70. The van der Waals surface area contributed by atoms with Gasteiger partial charge in [-0.25, -0.2) is 4.98 Å². The number of nitrogens with zero attached hydrogens (tertiary/aromatic N) is 4. The molecule has 0 aliphatic heterocycles. The van der Waals surface area contributed by atoms with Gasteiger partial charge in [-0.2, -0.15) is 0 Å². The van der Waals surface area contributed by atoms with Gasteiger partial charge in [-0.1, -0.05) is 72.8 Å². The van der Waals surface area contributed by atoms with Crippen molar-refractivity contribution in [2.24, 2.45) is 0 Å². The molecule has 0 radical (unpaired) electrons. The van der Waals surface area contributed by atoms with Gasteiger partial charge >= 0.3 is 0 Å². The smallest absolute Gasteiger partial charge is 0.108 e. The summed E-state index contributed by atoms with van der Waals surface area (Å²) in [5.74, 6) is 0. The maximum Gasteiger partial charge on any atom is 0.108 e. The van der Waals surface area contributed by atoms with Gasteiger partial charge in [0, 0.05) is 33.3 Å². The summed E-state index contributed by atoms with van der Waals surface area (Å²) in [7, 11) is 0. The highest BCUT2D eigenvalue weighted by molar-refractivity contribution is 6.22. The van der Waals surface area contributed by atoms with Gasteiger partial charge in [-0.05, 0) is 29.0 Å². The second kappa shape index (κ2) is 7.42. The third-order valence-corrected chi connectivity index (χ3v) is 6.41. The Morgan fingerprint density at radius 2 is 1.18 bits per heavy atom. The monoisotopic (exact) mass is 434 g/mol. The van der Waals surface area contributed by atoms with Crippen LogP contribution in [-0.4, -0.2) is 19.9 Å². The quantitative estimate of drug-likeness (QED) is 0.270. The van der Waals surface area contributed by atoms with Crippen LogP contribution in [0, 0.1) is 0 Å². The Morgan fingerprint density at radius 1 is 0.471 bits per heavy atom. The van der Waals surface area contributed by atoms with Gasteiger partial charge in [0.05, 0.1) is 34.8 Å². The Bertz CT molecular complexity index is 1840. The summed E-state index contributed by atoms with van der Waals surface area (Å²) in [6.07, 6.45) is 5.48. The lowest BCUT2D eigenvalue weighted by molar-refractivity contribution is 1.20. The number of fused-ring (bicyclic) bond motifs is 6. The zero-order valence-corrected chi connectivity index (χ0v) is 18.2. The van der Waals surface area contributed by atoms with Crippen LogP contribution < -0.4 is 0 Å². The van der Waals surface area contributed by atoms with Crippen LogP contribution in [0.2, 0.25) is 0 Å². The second-order valence-electron chi connectivity index (χ2n) is 8.35. The van der Waals surface area contributed by atoms with Crippen molar-refractivity contribution in [2.45, 2.75) is 0 Å². The fraction of sp³-hybridized carbons (Fsp3) is 0. The number of para-hydroxylation sites is 2. The summed E-state index contributed by atoms with van der Waals surface area (Å²) in [5.41, 5.74) is 5.34. The molecule has 0 saturated heterocycles. The molecule has 4 nitrogen and oxygen atoms in total. The summed E-state index contributed by atoms with van der Waals surface area (Å²) in [4.78, 5) is 19.1. The molecule has 0 spiro atoms. The average Bonchev–Trinajstić information content (AvgIpc) is 2.92. The van der Waals surface area contributed by atoms with Crippen molar-refractivity contribution < 1.29 is 0 Å². The van der Waals surface area contributed by atoms with Crippen LogP contribution in [0.3, 0.4) is 0 Å². The molecule has 7 aromatic rings. The Kier molecular flexibility index (Phi) is 4.11. The minimum Gasteiger partial charge on any atom is -0.256 e. The van der Waals surface area contributed by atoms with E-state index in [0.29, 0.717) is 0 Å². The second-order valence-corrected chi connectivity index (χ2v) is 8.35. The third-order valence-electron chi connectivity index (χ3n) is 6.41. The molecule has 4 heteroatoms. The van der Waals surface area contributed by atoms with Gasteiger partial charge in [0.15, 0.2) is 0 Å². The molecule has 0 unspecified atom stereocenters. The lowest BCUT2D eigenvalue weighted by Gasteiger charge is -2.12. The lowest BCUT2D eigenvalue weighted by Crippen LogP contribution is -1.95. The molecule has 0 N–H and O–H groups in total. The van der Waals surface area contributed by atoms with E-state index in [1.165, 1.54) is 16.2 Å². The molecule has 158 valence electrons. The molecule has 7 rings (SSSR count). The van der Waals surface area contributed by atoms with Gasteiger partial charge < -0.3 is 0 Å². The Morgan fingerprint density at radius 3 is 2.03 bits per heavy atom. The summed E-state index contributed by atoms with van der Waals surface area (Å²) >= 11 is 0. The standard InChI is InChI=1S/C30H18N4/c1-2-8-20-19(7-1)13-14-24-29(20)23-10-4-6-12-26(23)34-30(24)28-18-32-27(17-33-28)22-15-16-31-25-11-5-3-9-21(22)25/h1-18H. The van der Waals surface area contributed by atoms with E-state index in [0.717, 1.165) is 49.8 Å². The van der Waals surface area contributed by atoms with Crippen molar-refractivity contribution in [1.82, 2.24) is 19.9 Å². The summed E-state index contributed by atoms with van der Waals surface area (Å²) in [6, 6.07) is 31.2. The number of rotatable bonds is 2. The van der Waals surface area contributed by atoms with Crippen LogP contribution in [0.25, 0.3) is 66.0 Å². The minimum atomic E-state index is 0.758. The molecular formula is C30H18N4. The van der Waals surface area contributed by atoms with Crippen LogP contribution in [0.5, 0.6) is 0 Å². The first-order valence-electron chi connectivity index (χ1n) is 11.2. The number of pyridine rings is 2. The maximum absolute atomic E-state index is 5.02. The van der Waals surface area contributed by atoms with E-state index in [9.17, 15) is 0 Å². The van der Waals surface area contributed by atoms with Crippen LogP contribution >= 0.6 is 0 Å². The van der Waals surface area contributed by atoms with Crippen molar-refractivity contribution >= 4 is 43.4 Å². The van der Waals surface area contributed by atoms with E-state index in [4.69, 9.17) is 15.0 Å². The van der Waals surface area contributed by atoms with Gasteiger partial charge in [-0.15, -0.1) is 0 Å². The largest absolute Gasteiger partial charge is 0.256 e. The first-order chi connectivity index (χ1) is 16.9. The number of aromatic nitrogens is 4. The highest BCUT2D eigenvalue weighted by Gasteiger charge is 2.15. The fourth-order valence-electron chi connectivity index (χ4n) is 4.83. The molecule has 0 atom stereocenters. The van der Waals surface area contributed by atoms with Gasteiger partial charge in [0.1, 0.15) is 5.69 Å². The molecular weight excluding hydrogens is 416 g/mol. The molecule has 4 aromatic carbocycles. The highest BCUT2D eigenvalue weighted by atomic mass is 14.8. The molecule has 0 aliphatic carbocycles. The normalized spacial score (nSPS) is 11.5. The topological polar surface area (TPSA) is 51.6 Å². The summed E-state index contributed by atoms with van der Waals surface area (Å²) in [6.45, 7) is 0. The molecule has 0 bridgehead atoms. The van der Waals surface area contributed by atoms with Gasteiger partial charge in [-0.3, -0.25) is 15.0 Å². The van der Waals surface area contributed by atoms with Crippen LogP contribution in [-0.2, 0) is 0 Å².